The van der Waals surface area contributed by atoms with Crippen LogP contribution in [0, 0.1) is 17.3 Å². The molecule has 2 fully saturated rings. The van der Waals surface area contributed by atoms with Crippen LogP contribution in [-0.2, 0) is 0 Å². The maximum Gasteiger partial charge on any atom is 0.00502 e. The highest BCUT2D eigenvalue weighted by atomic mass is 15.1. The molecular weight excluding hydrogens is 256 g/mol. The zero-order chi connectivity index (χ0) is 15.3. The average molecular weight is 295 g/mol. The third-order valence-electron chi connectivity index (χ3n) is 5.74. The van der Waals surface area contributed by atoms with Gasteiger partial charge in [-0.25, -0.2) is 0 Å². The minimum atomic E-state index is 0.537. The van der Waals surface area contributed by atoms with Crippen molar-refractivity contribution in [3.05, 3.63) is 0 Å². The van der Waals surface area contributed by atoms with E-state index < -0.39 is 0 Å². The fraction of sp³-hybridized carbons (Fsp3) is 1.00. The third kappa shape index (κ3) is 5.56. The minimum absolute atomic E-state index is 0.537. The first-order valence-corrected chi connectivity index (χ1v) is 9.45. The second-order valence-corrected chi connectivity index (χ2v) is 8.55. The second-order valence-electron chi connectivity index (χ2n) is 8.55. The number of likely N-dealkylation sites (tertiary alicyclic amines) is 1. The molecule has 2 heteroatoms. The molecule has 1 saturated heterocycles. The molecule has 21 heavy (non-hydrogen) atoms. The molecule has 1 aliphatic heterocycles. The average Bonchev–Trinajstić information content (AvgIpc) is 2.62. The molecule has 1 saturated carbocycles. The fourth-order valence-electron chi connectivity index (χ4n) is 4.50. The topological polar surface area (TPSA) is 15.3 Å². The maximum atomic E-state index is 3.76. The summed E-state index contributed by atoms with van der Waals surface area (Å²) in [7, 11) is 0. The van der Waals surface area contributed by atoms with E-state index in [-0.39, 0.29) is 0 Å². The third-order valence-corrected chi connectivity index (χ3v) is 5.74. The number of nitrogens with zero attached hydrogens (tertiary/aromatic N) is 1. The second kappa shape index (κ2) is 7.97. The van der Waals surface area contributed by atoms with Crippen LogP contribution in [0.15, 0.2) is 0 Å². The van der Waals surface area contributed by atoms with Crippen LogP contribution < -0.4 is 5.32 Å². The van der Waals surface area contributed by atoms with Crippen LogP contribution in [0.4, 0.5) is 0 Å². The summed E-state index contributed by atoms with van der Waals surface area (Å²) in [5.41, 5.74) is 0.537. The highest BCUT2D eigenvalue weighted by Crippen LogP contribution is 2.40. The van der Waals surface area contributed by atoms with E-state index in [2.05, 4.69) is 37.9 Å². The van der Waals surface area contributed by atoms with E-state index >= 15 is 0 Å². The standard InChI is InChI=1S/C19H38N2/c1-16(2)20-14-19(10-5-7-18(4)13-19)15-21-11-6-8-17(3)9-12-21/h16-18,20H,5-15H2,1-4H3. The molecule has 1 N–H and O–H groups in total. The van der Waals surface area contributed by atoms with Crippen LogP contribution in [0.2, 0.25) is 0 Å². The lowest BCUT2D eigenvalue weighted by Gasteiger charge is -2.44. The summed E-state index contributed by atoms with van der Waals surface area (Å²) in [4.78, 5) is 2.80. The Morgan fingerprint density at radius 1 is 1.05 bits per heavy atom. The van der Waals surface area contributed by atoms with Gasteiger partial charge in [-0.3, -0.25) is 0 Å². The predicted molar refractivity (Wildman–Crippen MR) is 92.7 cm³/mol. The summed E-state index contributed by atoms with van der Waals surface area (Å²) in [6.07, 6.45) is 9.99. The molecule has 1 heterocycles. The summed E-state index contributed by atoms with van der Waals surface area (Å²) >= 11 is 0. The number of nitrogens with one attached hydrogen (secondary N) is 1. The Labute approximate surface area is 133 Å². The van der Waals surface area contributed by atoms with E-state index in [1.807, 2.05) is 0 Å². The van der Waals surface area contributed by atoms with E-state index in [1.165, 1.54) is 71.1 Å². The van der Waals surface area contributed by atoms with Crippen LogP contribution in [0.25, 0.3) is 0 Å². The van der Waals surface area contributed by atoms with Crippen molar-refractivity contribution in [2.75, 3.05) is 26.2 Å². The molecule has 0 aromatic heterocycles. The normalized spacial score (nSPS) is 35.9. The van der Waals surface area contributed by atoms with Gasteiger partial charge in [0.05, 0.1) is 0 Å². The molecule has 2 nitrogen and oxygen atoms in total. The van der Waals surface area contributed by atoms with Crippen molar-refractivity contribution >= 4 is 0 Å². The molecule has 3 unspecified atom stereocenters. The molecule has 0 bridgehead atoms. The van der Waals surface area contributed by atoms with Gasteiger partial charge in [0, 0.05) is 19.1 Å². The van der Waals surface area contributed by atoms with Gasteiger partial charge in [0.25, 0.3) is 0 Å². The molecule has 1 aliphatic carbocycles. The molecule has 2 rings (SSSR count). The van der Waals surface area contributed by atoms with Gasteiger partial charge in [0.1, 0.15) is 0 Å². The van der Waals surface area contributed by atoms with Crippen LogP contribution in [0.1, 0.15) is 72.6 Å². The van der Waals surface area contributed by atoms with Gasteiger partial charge >= 0.3 is 0 Å². The van der Waals surface area contributed by atoms with Crippen LogP contribution in [0.5, 0.6) is 0 Å². The Kier molecular flexibility index (Phi) is 6.55. The number of hydrogen-bond donors (Lipinski definition) is 1. The van der Waals surface area contributed by atoms with Crippen LogP contribution >= 0.6 is 0 Å². The van der Waals surface area contributed by atoms with Crippen molar-refractivity contribution in [1.29, 1.82) is 0 Å². The molecule has 2 aliphatic rings. The summed E-state index contributed by atoms with van der Waals surface area (Å²) in [5, 5.41) is 3.76. The Bertz CT molecular complexity index is 302. The zero-order valence-electron chi connectivity index (χ0n) is 15.0. The summed E-state index contributed by atoms with van der Waals surface area (Å²) < 4.78 is 0. The highest BCUT2D eigenvalue weighted by molar-refractivity contribution is 4.90. The first kappa shape index (κ1) is 17.3. The van der Waals surface area contributed by atoms with Gasteiger partial charge in [-0.15, -0.1) is 0 Å². The molecule has 0 amide bonds. The van der Waals surface area contributed by atoms with Crippen molar-refractivity contribution < 1.29 is 0 Å². The lowest BCUT2D eigenvalue weighted by molar-refractivity contribution is 0.0791. The van der Waals surface area contributed by atoms with Gasteiger partial charge in [-0.05, 0) is 62.4 Å². The first-order valence-electron chi connectivity index (χ1n) is 9.45. The van der Waals surface area contributed by atoms with Gasteiger partial charge in [0.15, 0.2) is 0 Å². The summed E-state index contributed by atoms with van der Waals surface area (Å²) in [6.45, 7) is 14.7. The van der Waals surface area contributed by atoms with Crippen molar-refractivity contribution in [2.45, 2.75) is 78.7 Å². The molecule has 3 atom stereocenters. The lowest BCUT2D eigenvalue weighted by Crippen LogP contribution is -2.48. The van der Waals surface area contributed by atoms with Crippen molar-refractivity contribution in [1.82, 2.24) is 10.2 Å². The first-order chi connectivity index (χ1) is 9.99. The highest BCUT2D eigenvalue weighted by Gasteiger charge is 2.36. The van der Waals surface area contributed by atoms with Gasteiger partial charge in [-0.2, -0.15) is 0 Å². The van der Waals surface area contributed by atoms with Crippen LogP contribution in [-0.4, -0.2) is 37.1 Å². The van der Waals surface area contributed by atoms with E-state index in [0.29, 0.717) is 11.5 Å². The SMILES string of the molecule is CC1CCCN(CC2(CNC(C)C)CCCC(C)C2)CC1. The summed E-state index contributed by atoms with van der Waals surface area (Å²) in [5.74, 6) is 1.85. The van der Waals surface area contributed by atoms with Crippen molar-refractivity contribution in [3.63, 3.8) is 0 Å². The molecule has 0 radical (unpaired) electrons. The van der Waals surface area contributed by atoms with E-state index in [1.54, 1.807) is 0 Å². The lowest BCUT2D eigenvalue weighted by atomic mass is 9.69. The molecular formula is C19H38N2. The Hall–Kier alpha value is -0.0800. The van der Waals surface area contributed by atoms with E-state index in [9.17, 15) is 0 Å². The predicted octanol–water partition coefficient (Wildman–Crippen LogP) is 4.30. The maximum absolute atomic E-state index is 3.76. The largest absolute Gasteiger partial charge is 0.314 e. The van der Waals surface area contributed by atoms with Crippen molar-refractivity contribution in [3.8, 4) is 0 Å². The van der Waals surface area contributed by atoms with Gasteiger partial charge < -0.3 is 10.2 Å². The monoisotopic (exact) mass is 294 g/mol. The Morgan fingerprint density at radius 3 is 2.52 bits per heavy atom. The molecule has 0 aromatic rings. The molecule has 124 valence electrons. The summed E-state index contributed by atoms with van der Waals surface area (Å²) in [6, 6.07) is 0.614. The van der Waals surface area contributed by atoms with Gasteiger partial charge in [-0.1, -0.05) is 40.5 Å². The fourth-order valence-corrected chi connectivity index (χ4v) is 4.50. The molecule has 0 aromatic carbocycles. The van der Waals surface area contributed by atoms with E-state index in [0.717, 1.165) is 11.8 Å². The van der Waals surface area contributed by atoms with Crippen LogP contribution in [0.3, 0.4) is 0 Å². The van der Waals surface area contributed by atoms with E-state index in [4.69, 9.17) is 0 Å². The minimum Gasteiger partial charge on any atom is -0.314 e. The van der Waals surface area contributed by atoms with Gasteiger partial charge in [0.2, 0.25) is 0 Å². The zero-order valence-corrected chi connectivity index (χ0v) is 15.0. The quantitative estimate of drug-likeness (QED) is 0.813. The smallest absolute Gasteiger partial charge is 0.00502 e. The van der Waals surface area contributed by atoms with Crippen molar-refractivity contribution in [2.24, 2.45) is 17.3 Å². The molecule has 0 spiro atoms. The Balaban J connectivity index is 1.97. The number of rotatable bonds is 5. The Morgan fingerprint density at radius 2 is 1.81 bits per heavy atom. The number of hydrogen-bond acceptors (Lipinski definition) is 2.